The summed E-state index contributed by atoms with van der Waals surface area (Å²) < 4.78 is 71.8. The second-order valence-corrected chi connectivity index (χ2v) is 10.6. The van der Waals surface area contributed by atoms with Crippen molar-refractivity contribution in [2.75, 3.05) is 5.32 Å². The van der Waals surface area contributed by atoms with Crippen LogP contribution in [0.15, 0.2) is 67.4 Å². The van der Waals surface area contributed by atoms with Gasteiger partial charge in [0.1, 0.15) is 21.2 Å². The number of anilines is 1. The number of benzene rings is 3. The van der Waals surface area contributed by atoms with Crippen molar-refractivity contribution in [2.45, 2.75) is 28.5 Å². The first-order valence-electron chi connectivity index (χ1n) is 9.31. The Labute approximate surface area is 203 Å². The molecular formula is C19H17N3O10S3. The third-order valence-corrected chi connectivity index (χ3v) is 6.75. The van der Waals surface area contributed by atoms with Gasteiger partial charge in [-0.1, -0.05) is 11.1 Å². The largest absolute Gasteiger partial charge is 0.324 e. The lowest BCUT2D eigenvalue weighted by Crippen LogP contribution is -2.05. The Morgan fingerprint density at radius 3 is 2.20 bits per heavy atom. The Kier molecular flexibility index (Phi) is 7.87. The smallest absolute Gasteiger partial charge is 0.296 e. The zero-order valence-corrected chi connectivity index (χ0v) is 20.3. The minimum Gasteiger partial charge on any atom is -0.324 e. The lowest BCUT2D eigenvalue weighted by Gasteiger charge is -2.11. The van der Waals surface area contributed by atoms with Gasteiger partial charge in [0, 0.05) is 17.2 Å². The molecule has 0 bridgehead atoms. The molecule has 35 heavy (non-hydrogen) atoms. The molecule has 0 unspecified atom stereocenters. The summed E-state index contributed by atoms with van der Waals surface area (Å²) in [6.07, 6.45) is 0. The van der Waals surface area contributed by atoms with E-state index in [1.807, 2.05) is 0 Å². The van der Waals surface area contributed by atoms with Crippen LogP contribution in [0.5, 0.6) is 0 Å². The molecule has 0 heterocycles. The second-order valence-electron chi connectivity index (χ2n) is 7.04. The van der Waals surface area contributed by atoms with Crippen molar-refractivity contribution in [3.8, 4) is 0 Å². The Bertz CT molecular complexity index is 1550. The van der Waals surface area contributed by atoms with Crippen molar-refractivity contribution in [2.24, 2.45) is 10.2 Å². The first-order chi connectivity index (χ1) is 16.3. The van der Waals surface area contributed by atoms with Crippen LogP contribution in [-0.2, 0) is 34.4 Å². The van der Waals surface area contributed by atoms with Gasteiger partial charge in [-0.05, 0) is 54.3 Å². The second kappa shape index (κ2) is 10.3. The lowest BCUT2D eigenvalue weighted by atomic mass is 10.1. The van der Waals surface area contributed by atoms with E-state index in [9.17, 15) is 30.7 Å². The van der Waals surface area contributed by atoms with E-state index in [1.54, 1.807) is 19.1 Å². The maximum atomic E-state index is 12.1. The van der Waals surface area contributed by atoms with E-state index < -0.39 is 41.6 Å². The van der Waals surface area contributed by atoms with Gasteiger partial charge in [-0.25, -0.2) is 5.26 Å². The lowest BCUT2D eigenvalue weighted by molar-refractivity contribution is -0.432. The summed E-state index contributed by atoms with van der Waals surface area (Å²) in [6.45, 7) is 3.05. The van der Waals surface area contributed by atoms with E-state index in [1.165, 1.54) is 19.1 Å². The van der Waals surface area contributed by atoms with Crippen LogP contribution in [0.4, 0.5) is 17.1 Å². The molecule has 186 valence electrons. The summed E-state index contributed by atoms with van der Waals surface area (Å²) in [7, 11) is -9.72. The first-order valence-corrected chi connectivity index (χ1v) is 12.9. The summed E-state index contributed by atoms with van der Waals surface area (Å²) in [6, 6.07) is 8.92. The number of carbonyl (C=O) groups is 1. The van der Waals surface area contributed by atoms with Gasteiger partial charge in [-0.15, -0.1) is 14.6 Å². The molecule has 0 spiro atoms. The van der Waals surface area contributed by atoms with Crippen LogP contribution in [-0.4, -0.2) is 37.1 Å². The fourth-order valence-corrected chi connectivity index (χ4v) is 4.95. The molecule has 0 aliphatic rings. The number of azo groups is 1. The summed E-state index contributed by atoms with van der Waals surface area (Å²) >= 11 is 0.362. The highest BCUT2D eigenvalue weighted by Gasteiger charge is 2.22. The molecule has 3 aromatic carbocycles. The number of nitrogens with zero attached hydrogens (tertiary/aromatic N) is 2. The number of hydrogen-bond donors (Lipinski definition) is 4. The molecule has 0 saturated carbocycles. The van der Waals surface area contributed by atoms with Crippen molar-refractivity contribution < 1.29 is 45.4 Å². The zero-order chi connectivity index (χ0) is 26.0. The highest BCUT2D eigenvalue weighted by atomic mass is 32.2. The molecule has 0 aliphatic heterocycles. The maximum absolute atomic E-state index is 12.1. The van der Waals surface area contributed by atoms with Gasteiger partial charge < -0.3 is 5.32 Å². The van der Waals surface area contributed by atoms with Crippen LogP contribution in [0.1, 0.15) is 12.5 Å². The fraction of sp³-hybridized carbons (Fsp3) is 0.105. The van der Waals surface area contributed by atoms with Gasteiger partial charge in [0.15, 0.2) is 0 Å². The number of fused-ring (bicyclic) bond motifs is 1. The Balaban J connectivity index is 2.27. The topological polar surface area (TPSA) is 201 Å². The van der Waals surface area contributed by atoms with Crippen LogP contribution >= 0.6 is 12.0 Å². The van der Waals surface area contributed by atoms with E-state index in [2.05, 4.69) is 24.9 Å². The monoisotopic (exact) mass is 543 g/mol. The minimum atomic E-state index is -4.88. The van der Waals surface area contributed by atoms with Gasteiger partial charge in [-0.3, -0.25) is 13.9 Å². The van der Waals surface area contributed by atoms with Crippen LogP contribution in [0.3, 0.4) is 0 Å². The molecule has 3 rings (SSSR count). The predicted molar refractivity (Wildman–Crippen MR) is 124 cm³/mol. The SMILES string of the molecule is CC(=O)Nc1cc(C)ccc1N=Nc1cc2c(S(=O)(=O)O)cc(SOOO)cc2cc1S(=O)(=O)O. The predicted octanol–water partition coefficient (Wildman–Crippen LogP) is 4.44. The third-order valence-electron chi connectivity index (χ3n) is 4.41. The number of rotatable bonds is 8. The average molecular weight is 544 g/mol. The van der Waals surface area contributed by atoms with Crippen molar-refractivity contribution in [3.63, 3.8) is 0 Å². The molecule has 0 aliphatic carbocycles. The summed E-state index contributed by atoms with van der Waals surface area (Å²) in [4.78, 5) is 10.1. The van der Waals surface area contributed by atoms with Gasteiger partial charge >= 0.3 is 0 Å². The summed E-state index contributed by atoms with van der Waals surface area (Å²) in [5.41, 5.74) is 0.769. The van der Waals surface area contributed by atoms with Crippen LogP contribution < -0.4 is 5.32 Å². The average Bonchev–Trinajstić information content (AvgIpc) is 2.74. The quantitative estimate of drug-likeness (QED) is 0.103. The Morgan fingerprint density at radius 2 is 1.60 bits per heavy atom. The van der Waals surface area contributed by atoms with Gasteiger partial charge in [0.2, 0.25) is 5.91 Å². The number of carbonyl (C=O) groups excluding carboxylic acids is 1. The van der Waals surface area contributed by atoms with Gasteiger partial charge in [-0.2, -0.15) is 16.8 Å². The number of amides is 1. The number of hydrogen-bond acceptors (Lipinski definition) is 11. The van der Waals surface area contributed by atoms with Crippen molar-refractivity contribution >= 4 is 66.0 Å². The maximum Gasteiger partial charge on any atom is 0.296 e. The van der Waals surface area contributed by atoms with Crippen LogP contribution in [0, 0.1) is 6.92 Å². The van der Waals surface area contributed by atoms with Crippen molar-refractivity contribution in [3.05, 3.63) is 48.0 Å². The highest BCUT2D eigenvalue weighted by molar-refractivity contribution is 7.94. The minimum absolute atomic E-state index is 0.00515. The summed E-state index contributed by atoms with van der Waals surface area (Å²) in [5, 5.41) is 22.0. The van der Waals surface area contributed by atoms with E-state index in [0.29, 0.717) is 12.0 Å². The molecular weight excluding hydrogens is 526 g/mol. The van der Waals surface area contributed by atoms with Gasteiger partial charge in [0.25, 0.3) is 20.2 Å². The normalized spacial score (nSPS) is 12.4. The number of aryl methyl sites for hydroxylation is 1. The van der Waals surface area contributed by atoms with E-state index in [4.69, 9.17) is 5.26 Å². The Morgan fingerprint density at radius 1 is 0.943 bits per heavy atom. The summed E-state index contributed by atoms with van der Waals surface area (Å²) in [5.74, 6) is -0.390. The molecule has 13 nitrogen and oxygen atoms in total. The molecule has 4 N–H and O–H groups in total. The zero-order valence-electron chi connectivity index (χ0n) is 17.9. The fourth-order valence-electron chi connectivity index (χ4n) is 3.05. The van der Waals surface area contributed by atoms with Crippen molar-refractivity contribution in [1.29, 1.82) is 0 Å². The molecule has 0 aromatic heterocycles. The van der Waals surface area contributed by atoms with E-state index in [0.717, 1.165) is 23.8 Å². The van der Waals surface area contributed by atoms with Crippen LogP contribution in [0.25, 0.3) is 10.8 Å². The molecule has 0 fully saturated rings. The van der Waals surface area contributed by atoms with Crippen molar-refractivity contribution in [1.82, 2.24) is 0 Å². The van der Waals surface area contributed by atoms with E-state index in [-0.39, 0.29) is 27.0 Å². The molecule has 3 aromatic rings. The first kappa shape index (κ1) is 26.6. The number of nitrogens with one attached hydrogen (secondary N) is 1. The third kappa shape index (κ3) is 6.59. The molecule has 0 atom stereocenters. The molecule has 16 heteroatoms. The standard InChI is InChI=1S/C19H17N3O10S3/c1-10-3-4-15(16(5-10)20-11(2)23)21-22-17-9-14-12(7-19(17)35(28,29)30)6-13(33-32-31-24)8-18(14)34(25,26)27/h3-9,24H,1-2H3,(H,20,23)(H,25,26,27)(H,28,29,30). The molecule has 0 radical (unpaired) electrons. The highest BCUT2D eigenvalue weighted by Crippen LogP contribution is 2.37. The van der Waals surface area contributed by atoms with Gasteiger partial charge in [0.05, 0.1) is 17.7 Å². The molecule has 1 amide bonds. The van der Waals surface area contributed by atoms with Crippen LogP contribution in [0.2, 0.25) is 0 Å². The molecule has 0 saturated heterocycles. The van der Waals surface area contributed by atoms with E-state index >= 15 is 0 Å². The Hall–Kier alpha value is -2.96.